The summed E-state index contributed by atoms with van der Waals surface area (Å²) >= 11 is 1.41. The minimum atomic E-state index is -0.0405. The van der Waals surface area contributed by atoms with Crippen molar-refractivity contribution in [2.75, 3.05) is 18.2 Å². The topological polar surface area (TPSA) is 64.1 Å². The van der Waals surface area contributed by atoms with Crippen molar-refractivity contribution >= 4 is 23.4 Å². The minimum Gasteiger partial charge on any atom is -0.497 e. The Hall–Kier alpha value is -2.86. The van der Waals surface area contributed by atoms with E-state index in [1.165, 1.54) is 11.8 Å². The summed E-state index contributed by atoms with van der Waals surface area (Å²) in [6, 6.07) is 15.6. The molecule has 0 atom stereocenters. The van der Waals surface area contributed by atoms with Crippen molar-refractivity contribution in [2.24, 2.45) is 0 Å². The lowest BCUT2D eigenvalue weighted by atomic mass is 10.1. The zero-order chi connectivity index (χ0) is 20.8. The van der Waals surface area contributed by atoms with Crippen LogP contribution in [0.2, 0.25) is 0 Å². The van der Waals surface area contributed by atoms with Gasteiger partial charge in [0.05, 0.1) is 12.9 Å². The number of rotatable bonds is 7. The Labute approximate surface area is 175 Å². The van der Waals surface area contributed by atoms with Gasteiger partial charge in [0.15, 0.2) is 5.82 Å². The molecule has 0 radical (unpaired) electrons. The van der Waals surface area contributed by atoms with Gasteiger partial charge in [-0.15, -0.1) is 0 Å². The van der Waals surface area contributed by atoms with Gasteiger partial charge < -0.3 is 10.1 Å². The monoisotopic (exact) mass is 407 g/mol. The normalized spacial score (nSPS) is 10.6. The molecule has 0 aliphatic carbocycles. The highest BCUT2D eigenvalue weighted by molar-refractivity contribution is 7.99. The van der Waals surface area contributed by atoms with E-state index in [1.807, 2.05) is 62.4 Å². The quantitative estimate of drug-likeness (QED) is 0.438. The van der Waals surface area contributed by atoms with Crippen LogP contribution in [0.4, 0.5) is 5.69 Å². The van der Waals surface area contributed by atoms with Crippen LogP contribution in [-0.4, -0.2) is 28.7 Å². The fraction of sp³-hybridized carbons (Fsp3) is 0.261. The molecule has 1 amide bonds. The molecule has 3 aromatic rings. The number of carbonyl (C=O) groups is 1. The molecule has 2 aromatic carbocycles. The molecule has 0 aliphatic heterocycles. The third-order valence-corrected chi connectivity index (χ3v) is 5.45. The Bertz CT molecular complexity index is 1000. The van der Waals surface area contributed by atoms with Crippen LogP contribution in [-0.2, 0) is 11.2 Å². The molecule has 150 valence electrons. The van der Waals surface area contributed by atoms with Gasteiger partial charge in [-0.2, -0.15) is 0 Å². The summed E-state index contributed by atoms with van der Waals surface area (Å²) in [5.74, 6) is 1.68. The molecule has 29 heavy (non-hydrogen) atoms. The first-order valence-corrected chi connectivity index (χ1v) is 10.5. The highest BCUT2D eigenvalue weighted by atomic mass is 32.2. The number of amides is 1. The van der Waals surface area contributed by atoms with Gasteiger partial charge in [0.2, 0.25) is 5.91 Å². The van der Waals surface area contributed by atoms with Crippen LogP contribution in [0.25, 0.3) is 11.4 Å². The third-order valence-electron chi connectivity index (χ3n) is 4.53. The lowest BCUT2D eigenvalue weighted by Crippen LogP contribution is -2.16. The van der Waals surface area contributed by atoms with Crippen LogP contribution in [0.5, 0.6) is 5.75 Å². The Morgan fingerprint density at radius 2 is 1.86 bits per heavy atom. The average Bonchev–Trinajstić information content (AvgIpc) is 2.73. The van der Waals surface area contributed by atoms with Crippen LogP contribution in [0, 0.1) is 13.8 Å². The zero-order valence-corrected chi connectivity index (χ0v) is 18.0. The number of ether oxygens (including phenoxy) is 1. The maximum Gasteiger partial charge on any atom is 0.234 e. The molecule has 3 rings (SSSR count). The molecular weight excluding hydrogens is 382 g/mol. The first kappa shape index (κ1) is 20.9. The van der Waals surface area contributed by atoms with E-state index in [0.717, 1.165) is 45.3 Å². The molecule has 0 saturated heterocycles. The van der Waals surface area contributed by atoms with E-state index in [4.69, 9.17) is 4.74 Å². The number of methoxy groups -OCH3 is 1. The van der Waals surface area contributed by atoms with Gasteiger partial charge in [0.1, 0.15) is 10.8 Å². The van der Waals surface area contributed by atoms with Crippen molar-refractivity contribution in [3.8, 4) is 17.1 Å². The number of hydrogen-bond acceptors (Lipinski definition) is 5. The maximum atomic E-state index is 12.5. The summed E-state index contributed by atoms with van der Waals surface area (Å²) in [6.45, 7) is 6.03. The van der Waals surface area contributed by atoms with Crippen LogP contribution < -0.4 is 10.1 Å². The first-order valence-electron chi connectivity index (χ1n) is 9.51. The van der Waals surface area contributed by atoms with Crippen molar-refractivity contribution in [1.82, 2.24) is 9.97 Å². The standard InChI is InChI=1S/C23H25N3O2S/c1-5-17-8-6-7-15(2)22(17)25-20(27)14-29-21-13-16(3)24-23(26-21)18-9-11-19(28-4)12-10-18/h6-13H,5,14H2,1-4H3,(H,25,27). The van der Waals surface area contributed by atoms with Gasteiger partial charge in [-0.25, -0.2) is 9.97 Å². The molecule has 0 fully saturated rings. The average molecular weight is 408 g/mol. The van der Waals surface area contributed by atoms with Crippen molar-refractivity contribution in [3.05, 3.63) is 65.4 Å². The summed E-state index contributed by atoms with van der Waals surface area (Å²) in [6.07, 6.45) is 0.876. The predicted octanol–water partition coefficient (Wildman–Crippen LogP) is 5.06. The minimum absolute atomic E-state index is 0.0405. The molecule has 1 N–H and O–H groups in total. The van der Waals surface area contributed by atoms with E-state index in [9.17, 15) is 4.79 Å². The largest absolute Gasteiger partial charge is 0.497 e. The van der Waals surface area contributed by atoms with Crippen molar-refractivity contribution in [2.45, 2.75) is 32.2 Å². The molecule has 0 aliphatic rings. The van der Waals surface area contributed by atoms with E-state index < -0.39 is 0 Å². The molecule has 1 heterocycles. The second-order valence-corrected chi connectivity index (χ2v) is 7.69. The summed E-state index contributed by atoms with van der Waals surface area (Å²) in [5, 5.41) is 3.83. The van der Waals surface area contributed by atoms with Crippen LogP contribution in [0.15, 0.2) is 53.6 Å². The summed E-state index contributed by atoms with van der Waals surface area (Å²) < 4.78 is 5.20. The fourth-order valence-corrected chi connectivity index (χ4v) is 3.76. The fourth-order valence-electron chi connectivity index (χ4n) is 3.00. The number of thioether (sulfide) groups is 1. The number of nitrogens with zero attached hydrogens (tertiary/aromatic N) is 2. The van der Waals surface area contributed by atoms with Gasteiger partial charge >= 0.3 is 0 Å². The molecule has 5 nitrogen and oxygen atoms in total. The SMILES string of the molecule is CCc1cccc(C)c1NC(=O)CSc1cc(C)nc(-c2ccc(OC)cc2)n1. The summed E-state index contributed by atoms with van der Waals surface area (Å²) in [4.78, 5) is 21.7. The Kier molecular flexibility index (Phi) is 6.88. The number of aryl methyl sites for hydroxylation is 3. The number of carbonyl (C=O) groups excluding carboxylic acids is 1. The van der Waals surface area contributed by atoms with E-state index >= 15 is 0 Å². The van der Waals surface area contributed by atoms with Gasteiger partial charge in [0, 0.05) is 16.9 Å². The lowest BCUT2D eigenvalue weighted by molar-refractivity contribution is -0.113. The number of aromatic nitrogens is 2. The number of hydrogen-bond donors (Lipinski definition) is 1. The van der Waals surface area contributed by atoms with Crippen molar-refractivity contribution in [1.29, 1.82) is 0 Å². The Morgan fingerprint density at radius 1 is 1.10 bits per heavy atom. The van der Waals surface area contributed by atoms with Crippen LogP contribution >= 0.6 is 11.8 Å². The Balaban J connectivity index is 1.70. The zero-order valence-electron chi connectivity index (χ0n) is 17.2. The summed E-state index contributed by atoms with van der Waals surface area (Å²) in [7, 11) is 1.64. The molecular formula is C23H25N3O2S. The molecule has 0 unspecified atom stereocenters. The van der Waals surface area contributed by atoms with Crippen LogP contribution in [0.1, 0.15) is 23.7 Å². The second-order valence-electron chi connectivity index (χ2n) is 6.70. The van der Waals surface area contributed by atoms with E-state index in [-0.39, 0.29) is 11.7 Å². The number of anilines is 1. The lowest BCUT2D eigenvalue weighted by Gasteiger charge is -2.13. The van der Waals surface area contributed by atoms with Crippen LogP contribution in [0.3, 0.4) is 0 Å². The maximum absolute atomic E-state index is 12.5. The van der Waals surface area contributed by atoms with Gasteiger partial charge in [-0.1, -0.05) is 36.9 Å². The molecule has 0 bridgehead atoms. The molecule has 0 saturated carbocycles. The van der Waals surface area contributed by atoms with Crippen molar-refractivity contribution < 1.29 is 9.53 Å². The van der Waals surface area contributed by atoms with E-state index in [0.29, 0.717) is 5.82 Å². The summed E-state index contributed by atoms with van der Waals surface area (Å²) in [5.41, 5.74) is 4.90. The Morgan fingerprint density at radius 3 is 2.55 bits per heavy atom. The first-order chi connectivity index (χ1) is 14.0. The van der Waals surface area contributed by atoms with Crippen molar-refractivity contribution in [3.63, 3.8) is 0 Å². The highest BCUT2D eigenvalue weighted by Gasteiger charge is 2.11. The predicted molar refractivity (Wildman–Crippen MR) is 119 cm³/mol. The number of nitrogens with one attached hydrogen (secondary N) is 1. The van der Waals surface area contributed by atoms with Gasteiger partial charge in [-0.3, -0.25) is 4.79 Å². The smallest absolute Gasteiger partial charge is 0.234 e. The van der Waals surface area contributed by atoms with E-state index in [1.54, 1.807) is 7.11 Å². The van der Waals surface area contributed by atoms with Gasteiger partial charge in [0.25, 0.3) is 0 Å². The second kappa shape index (κ2) is 9.56. The number of benzene rings is 2. The van der Waals surface area contributed by atoms with E-state index in [2.05, 4.69) is 22.2 Å². The third kappa shape index (κ3) is 5.35. The number of para-hydroxylation sites is 1. The molecule has 1 aromatic heterocycles. The highest BCUT2D eigenvalue weighted by Crippen LogP contribution is 2.25. The molecule has 6 heteroatoms. The van der Waals surface area contributed by atoms with Gasteiger partial charge in [-0.05, 0) is 61.7 Å². The molecule has 0 spiro atoms.